The van der Waals surface area contributed by atoms with Crippen LogP contribution in [0.5, 0.6) is 23.0 Å². The molecule has 0 amide bonds. The summed E-state index contributed by atoms with van der Waals surface area (Å²) in [5, 5.41) is 19.3. The van der Waals surface area contributed by atoms with Crippen molar-refractivity contribution < 1.29 is 56.8 Å². The molecular formula is C62H70N2O12. The van der Waals surface area contributed by atoms with Crippen molar-refractivity contribution in [2.45, 2.75) is 0 Å². The first-order valence-electron chi connectivity index (χ1n) is 25.5. The lowest BCUT2D eigenvalue weighted by Crippen LogP contribution is -2.19. The van der Waals surface area contributed by atoms with Gasteiger partial charge < -0.3 is 56.8 Å². The summed E-state index contributed by atoms with van der Waals surface area (Å²) in [4.78, 5) is 0. The number of benzene rings is 6. The molecule has 6 aromatic rings. The van der Waals surface area contributed by atoms with E-state index in [0.29, 0.717) is 117 Å². The molecule has 6 aromatic carbocycles. The largest absolute Gasteiger partial charge is 0.491 e. The topological polar surface area (TPSA) is 158 Å². The summed E-state index contributed by atoms with van der Waals surface area (Å²) < 4.78 is 66.4. The number of allylic oxidation sites excluding steroid dienone is 4. The van der Waals surface area contributed by atoms with Crippen molar-refractivity contribution in [3.63, 3.8) is 0 Å². The highest BCUT2D eigenvalue weighted by atomic mass is 16.6. The molecule has 0 atom stereocenters. The molecule has 400 valence electrons. The molecular weight excluding hydrogens is 965 g/mol. The number of nitrogens with one attached hydrogen (secondary N) is 2. The Labute approximate surface area is 447 Å². The summed E-state index contributed by atoms with van der Waals surface area (Å²) in [6, 6.07) is 44.5. The van der Waals surface area contributed by atoms with E-state index in [-0.39, 0.29) is 11.4 Å². The van der Waals surface area contributed by atoms with Crippen molar-refractivity contribution in [3.8, 4) is 67.5 Å². The molecule has 0 bridgehead atoms. The van der Waals surface area contributed by atoms with Crippen LogP contribution in [0.15, 0.2) is 146 Å². The van der Waals surface area contributed by atoms with E-state index in [0.717, 1.165) is 78.6 Å². The van der Waals surface area contributed by atoms with E-state index in [1.807, 2.05) is 109 Å². The molecule has 0 heterocycles. The van der Waals surface area contributed by atoms with Crippen LogP contribution in [-0.4, -0.2) is 146 Å². The van der Waals surface area contributed by atoms with Crippen LogP contribution in [0.25, 0.3) is 55.7 Å². The summed E-state index contributed by atoms with van der Waals surface area (Å²) in [6.07, 6.45) is 3.91. The third-order valence-corrected chi connectivity index (χ3v) is 12.2. The molecule has 0 spiro atoms. The number of ether oxygens (including phenoxy) is 12. The number of hydrogen-bond acceptors (Lipinski definition) is 14. The minimum atomic E-state index is 0.112. The Hall–Kier alpha value is -6.98. The summed E-state index contributed by atoms with van der Waals surface area (Å²) in [6.45, 7) is 7.64. The van der Waals surface area contributed by atoms with E-state index in [4.69, 9.17) is 56.8 Å². The van der Waals surface area contributed by atoms with E-state index in [2.05, 4.69) is 36.4 Å². The van der Waals surface area contributed by atoms with Crippen LogP contribution in [0.1, 0.15) is 11.1 Å². The van der Waals surface area contributed by atoms with E-state index in [1.54, 1.807) is 28.4 Å². The number of methoxy groups -OCH3 is 4. The summed E-state index contributed by atoms with van der Waals surface area (Å²) in [5.41, 5.74) is 10.8. The van der Waals surface area contributed by atoms with Gasteiger partial charge in [0, 0.05) is 39.6 Å². The molecule has 0 fully saturated rings. The van der Waals surface area contributed by atoms with Crippen LogP contribution < -0.4 is 18.9 Å². The molecule has 2 N–H and O–H groups in total. The quantitative estimate of drug-likeness (QED) is 0.0291. The lowest BCUT2D eigenvalue weighted by molar-refractivity contribution is 0.0544. The van der Waals surface area contributed by atoms with E-state index >= 15 is 0 Å². The van der Waals surface area contributed by atoms with Gasteiger partial charge in [-0.25, -0.2) is 0 Å². The van der Waals surface area contributed by atoms with Gasteiger partial charge in [0.2, 0.25) is 0 Å². The molecule has 0 saturated carbocycles. The lowest BCUT2D eigenvalue weighted by atomic mass is 9.83. The van der Waals surface area contributed by atoms with Gasteiger partial charge >= 0.3 is 0 Å². The number of rotatable bonds is 34. The Kier molecular flexibility index (Phi) is 23.3. The van der Waals surface area contributed by atoms with E-state index in [9.17, 15) is 10.8 Å². The SMILES string of the molecule is COCCOCCOc1ccc(-c2cc(C3=CC=C(c4cc(-c5ccc(OCCOCCOC)cc5)cc(-c5ccc(OCCOCCOC)cc5)c4)C(=N)C3=N)cc(-c3ccc(OCCOCCOC)cc3)c2)cc1. The Morgan fingerprint density at radius 2 is 0.461 bits per heavy atom. The minimum Gasteiger partial charge on any atom is -0.491 e. The predicted octanol–water partition coefficient (Wildman–Crippen LogP) is 11.0. The average Bonchev–Trinajstić information content (AvgIpc) is 3.46. The monoisotopic (exact) mass is 1030 g/mol. The maximum atomic E-state index is 9.64. The van der Waals surface area contributed by atoms with Crippen molar-refractivity contribution in [1.82, 2.24) is 0 Å². The molecule has 76 heavy (non-hydrogen) atoms. The molecule has 0 aromatic heterocycles. The van der Waals surface area contributed by atoms with Gasteiger partial charge in [-0.3, -0.25) is 10.8 Å². The van der Waals surface area contributed by atoms with Crippen LogP contribution in [0.4, 0.5) is 0 Å². The average molecular weight is 1040 g/mol. The smallest absolute Gasteiger partial charge is 0.119 e. The Balaban J connectivity index is 1.19. The van der Waals surface area contributed by atoms with Gasteiger partial charge in [0.1, 0.15) is 49.4 Å². The predicted molar refractivity (Wildman–Crippen MR) is 299 cm³/mol. The molecule has 0 saturated heterocycles. The van der Waals surface area contributed by atoms with Gasteiger partial charge in [-0.05, 0) is 141 Å². The molecule has 0 radical (unpaired) electrons. The Morgan fingerprint density at radius 1 is 0.250 bits per heavy atom. The van der Waals surface area contributed by atoms with Crippen molar-refractivity contribution in [3.05, 3.63) is 157 Å². The molecule has 14 nitrogen and oxygen atoms in total. The van der Waals surface area contributed by atoms with Crippen LogP contribution in [0, 0.1) is 10.8 Å². The fourth-order valence-corrected chi connectivity index (χ4v) is 8.14. The molecule has 7 rings (SSSR count). The first-order chi connectivity index (χ1) is 37.4. The number of hydrogen-bond donors (Lipinski definition) is 2. The zero-order valence-corrected chi connectivity index (χ0v) is 44.1. The lowest BCUT2D eigenvalue weighted by Gasteiger charge is -2.21. The van der Waals surface area contributed by atoms with Crippen LogP contribution in [0.2, 0.25) is 0 Å². The van der Waals surface area contributed by atoms with Crippen LogP contribution >= 0.6 is 0 Å². The van der Waals surface area contributed by atoms with Crippen molar-refractivity contribution in [1.29, 1.82) is 10.8 Å². The van der Waals surface area contributed by atoms with E-state index < -0.39 is 0 Å². The van der Waals surface area contributed by atoms with Gasteiger partial charge in [0.15, 0.2) is 0 Å². The summed E-state index contributed by atoms with van der Waals surface area (Å²) in [7, 11) is 6.59. The second-order valence-electron chi connectivity index (χ2n) is 17.4. The zero-order valence-electron chi connectivity index (χ0n) is 44.1. The maximum Gasteiger partial charge on any atom is 0.119 e. The fraction of sp³-hybridized carbons (Fsp3) is 0.323. The van der Waals surface area contributed by atoms with Crippen molar-refractivity contribution in [2.75, 3.05) is 134 Å². The van der Waals surface area contributed by atoms with Gasteiger partial charge in [-0.15, -0.1) is 0 Å². The van der Waals surface area contributed by atoms with Gasteiger partial charge in [0.25, 0.3) is 0 Å². The third kappa shape index (κ3) is 17.3. The summed E-state index contributed by atoms with van der Waals surface area (Å²) >= 11 is 0. The van der Waals surface area contributed by atoms with Gasteiger partial charge in [-0.2, -0.15) is 0 Å². The Morgan fingerprint density at radius 3 is 0.684 bits per heavy atom. The first kappa shape index (κ1) is 56.7. The molecule has 1 aliphatic carbocycles. The molecule has 0 aliphatic heterocycles. The van der Waals surface area contributed by atoms with Gasteiger partial charge in [0.05, 0.1) is 90.7 Å². The third-order valence-electron chi connectivity index (χ3n) is 12.2. The van der Waals surface area contributed by atoms with Crippen molar-refractivity contribution >= 4 is 22.6 Å². The minimum absolute atomic E-state index is 0.112. The first-order valence-corrected chi connectivity index (χ1v) is 25.5. The second-order valence-corrected chi connectivity index (χ2v) is 17.4. The highest BCUT2D eigenvalue weighted by Gasteiger charge is 2.24. The standard InChI is InChI=1S/C62H70N2O12/c1-65-23-27-69-31-35-73-55-13-5-45(6-14-55)49-39-50(46-7-15-56(16-8-46)74-36-32-70-28-24-66-2)42-53(41-49)59-21-22-60(62(64)61(59)63)54-43-51(47-9-17-57(18-10-47)75-37-33-71-29-25-67-3)40-52(44-54)48-11-19-58(20-12-48)76-38-34-72-30-26-68-4/h5-22,39-44,63-64H,23-38H2,1-4H3. The maximum absolute atomic E-state index is 9.64. The Bertz CT molecular complexity index is 2450. The normalized spacial score (nSPS) is 12.4. The summed E-state index contributed by atoms with van der Waals surface area (Å²) in [5.74, 6) is 2.92. The highest BCUT2D eigenvalue weighted by molar-refractivity contribution is 6.68. The van der Waals surface area contributed by atoms with Crippen LogP contribution in [0.3, 0.4) is 0 Å². The van der Waals surface area contributed by atoms with Gasteiger partial charge in [-0.1, -0.05) is 60.7 Å². The van der Waals surface area contributed by atoms with Crippen LogP contribution in [-0.2, 0) is 37.9 Å². The zero-order chi connectivity index (χ0) is 53.2. The van der Waals surface area contributed by atoms with Crippen molar-refractivity contribution in [2.24, 2.45) is 0 Å². The second kappa shape index (κ2) is 31.2. The molecule has 0 unspecified atom stereocenters. The fourth-order valence-electron chi connectivity index (χ4n) is 8.14. The molecule has 1 aliphatic rings. The van der Waals surface area contributed by atoms with E-state index in [1.165, 1.54) is 0 Å². The molecule has 14 heteroatoms. The highest BCUT2D eigenvalue weighted by Crippen LogP contribution is 2.38.